The van der Waals surface area contributed by atoms with Crippen molar-refractivity contribution in [1.29, 1.82) is 0 Å². The SMILES string of the molecule is CNC1CCC(Oc2ncnc3sc4c(c23)C(Cc2c(O)[nH]c(=O)n2C)CC4)CC1. The second kappa shape index (κ2) is 7.70. The molecule has 3 heterocycles. The molecule has 0 bridgehead atoms. The van der Waals surface area contributed by atoms with E-state index in [1.165, 1.54) is 15.0 Å². The molecule has 0 radical (unpaired) electrons. The van der Waals surface area contributed by atoms with Crippen molar-refractivity contribution in [3.8, 4) is 11.8 Å². The predicted octanol–water partition coefficient (Wildman–Crippen LogP) is 2.61. The summed E-state index contributed by atoms with van der Waals surface area (Å²) in [5.41, 5.74) is 1.59. The third-order valence-corrected chi connectivity index (χ3v) is 7.88. The van der Waals surface area contributed by atoms with Crippen molar-refractivity contribution >= 4 is 21.6 Å². The number of aromatic nitrogens is 4. The number of nitrogens with one attached hydrogen (secondary N) is 2. The van der Waals surface area contributed by atoms with E-state index in [2.05, 4.69) is 20.3 Å². The number of thiophene rings is 1. The molecule has 0 aliphatic heterocycles. The topological polar surface area (TPSA) is 105 Å². The van der Waals surface area contributed by atoms with E-state index in [1.807, 2.05) is 7.05 Å². The van der Waals surface area contributed by atoms with Crippen LogP contribution in [0.15, 0.2) is 11.1 Å². The molecule has 1 atom stereocenters. The molecule has 8 nitrogen and oxygen atoms in total. The molecule has 0 aromatic carbocycles. The summed E-state index contributed by atoms with van der Waals surface area (Å²) in [6.07, 6.45) is 8.60. The second-order valence-corrected chi connectivity index (χ2v) is 9.49. The van der Waals surface area contributed by atoms with Crippen LogP contribution in [0, 0.1) is 0 Å². The van der Waals surface area contributed by atoms with Gasteiger partial charge in [-0.2, -0.15) is 0 Å². The summed E-state index contributed by atoms with van der Waals surface area (Å²) >= 11 is 1.71. The van der Waals surface area contributed by atoms with Gasteiger partial charge in [0.05, 0.1) is 11.1 Å². The highest BCUT2D eigenvalue weighted by atomic mass is 32.1. The number of imidazole rings is 1. The highest BCUT2D eigenvalue weighted by Crippen LogP contribution is 2.47. The number of nitrogens with zero attached hydrogens (tertiary/aromatic N) is 3. The Morgan fingerprint density at radius 2 is 2.10 bits per heavy atom. The summed E-state index contributed by atoms with van der Waals surface area (Å²) in [5.74, 6) is 0.850. The number of aryl methyl sites for hydroxylation is 1. The maximum absolute atomic E-state index is 11.9. The van der Waals surface area contributed by atoms with Crippen LogP contribution in [0.1, 0.15) is 54.2 Å². The van der Waals surface area contributed by atoms with Gasteiger partial charge in [0.15, 0.2) is 0 Å². The minimum absolute atomic E-state index is 0.0375. The van der Waals surface area contributed by atoms with Crippen LogP contribution in [0.3, 0.4) is 0 Å². The summed E-state index contributed by atoms with van der Waals surface area (Å²) < 4.78 is 7.91. The monoisotopic (exact) mass is 429 g/mol. The fourth-order valence-corrected chi connectivity index (χ4v) is 6.20. The lowest BCUT2D eigenvalue weighted by Crippen LogP contribution is -2.34. The lowest BCUT2D eigenvalue weighted by molar-refractivity contribution is 0.137. The van der Waals surface area contributed by atoms with E-state index in [0.29, 0.717) is 24.0 Å². The molecule has 0 amide bonds. The molecule has 9 heteroatoms. The first kappa shape index (κ1) is 19.6. The number of aromatic amines is 1. The Hall–Kier alpha value is -2.39. The molecule has 0 saturated heterocycles. The van der Waals surface area contributed by atoms with Crippen LogP contribution >= 0.6 is 11.3 Å². The van der Waals surface area contributed by atoms with Gasteiger partial charge in [-0.3, -0.25) is 9.55 Å². The smallest absolute Gasteiger partial charge is 0.328 e. The van der Waals surface area contributed by atoms with Crippen molar-refractivity contribution in [2.24, 2.45) is 7.05 Å². The zero-order chi connectivity index (χ0) is 20.8. The molecule has 2 aliphatic rings. The van der Waals surface area contributed by atoms with Crippen LogP contribution < -0.4 is 15.7 Å². The summed E-state index contributed by atoms with van der Waals surface area (Å²) in [6.45, 7) is 0. The third kappa shape index (κ3) is 3.30. The average Bonchev–Trinajstić information content (AvgIpc) is 3.38. The quantitative estimate of drug-likeness (QED) is 0.576. The van der Waals surface area contributed by atoms with Gasteiger partial charge in [-0.15, -0.1) is 11.3 Å². The van der Waals surface area contributed by atoms with Crippen molar-refractivity contribution < 1.29 is 9.84 Å². The molecule has 2 aliphatic carbocycles. The summed E-state index contributed by atoms with van der Waals surface area (Å²) in [7, 11) is 3.71. The Bertz CT molecular complexity index is 1130. The lowest BCUT2D eigenvalue weighted by Gasteiger charge is -2.28. The molecular formula is C21H27N5O3S. The van der Waals surface area contributed by atoms with E-state index >= 15 is 0 Å². The number of aromatic hydroxyl groups is 1. The molecular weight excluding hydrogens is 402 g/mol. The van der Waals surface area contributed by atoms with Crippen LogP contribution in [0.5, 0.6) is 11.8 Å². The highest BCUT2D eigenvalue weighted by Gasteiger charge is 2.32. The molecule has 0 spiro atoms. The fraction of sp³-hybridized carbons (Fsp3) is 0.571. The van der Waals surface area contributed by atoms with Gasteiger partial charge >= 0.3 is 5.69 Å². The van der Waals surface area contributed by atoms with E-state index in [0.717, 1.165) is 48.7 Å². The maximum Gasteiger partial charge on any atom is 0.328 e. The zero-order valence-corrected chi connectivity index (χ0v) is 18.1. The van der Waals surface area contributed by atoms with Crippen molar-refractivity contribution in [1.82, 2.24) is 24.8 Å². The van der Waals surface area contributed by atoms with Crippen molar-refractivity contribution in [3.63, 3.8) is 0 Å². The molecule has 3 N–H and O–H groups in total. The minimum Gasteiger partial charge on any atom is -0.493 e. The van der Waals surface area contributed by atoms with Gasteiger partial charge in [0, 0.05) is 24.4 Å². The van der Waals surface area contributed by atoms with Gasteiger partial charge in [-0.05, 0) is 57.1 Å². The first-order valence-corrected chi connectivity index (χ1v) is 11.4. The molecule has 3 aromatic heterocycles. The van der Waals surface area contributed by atoms with Gasteiger partial charge in [0.1, 0.15) is 17.3 Å². The van der Waals surface area contributed by atoms with Gasteiger partial charge < -0.3 is 15.2 Å². The van der Waals surface area contributed by atoms with Crippen LogP contribution in [0.2, 0.25) is 0 Å². The molecule has 1 saturated carbocycles. The third-order valence-electron chi connectivity index (χ3n) is 6.70. The normalized spacial score (nSPS) is 23.7. The van der Waals surface area contributed by atoms with Gasteiger partial charge in [0.25, 0.3) is 0 Å². The molecule has 1 fully saturated rings. The van der Waals surface area contributed by atoms with Crippen LogP contribution in [-0.2, 0) is 19.9 Å². The van der Waals surface area contributed by atoms with Gasteiger partial charge in [0.2, 0.25) is 11.8 Å². The van der Waals surface area contributed by atoms with Gasteiger partial charge in [-0.25, -0.2) is 14.8 Å². The molecule has 5 rings (SSSR count). The maximum atomic E-state index is 11.9. The Kier molecular flexibility index (Phi) is 5.02. The van der Waals surface area contributed by atoms with Crippen LogP contribution in [-0.4, -0.2) is 43.8 Å². The van der Waals surface area contributed by atoms with Crippen molar-refractivity contribution in [2.45, 2.75) is 63.0 Å². The first-order valence-electron chi connectivity index (χ1n) is 10.6. The highest BCUT2D eigenvalue weighted by molar-refractivity contribution is 7.19. The first-order chi connectivity index (χ1) is 14.5. The number of H-pyrrole nitrogens is 1. The molecule has 1 unspecified atom stereocenters. The standard InChI is InChI=1S/C21H27N5O3S/c1-22-12-4-6-13(7-5-12)29-19-17-16-11(9-14-18(27)25-21(28)26(14)2)3-8-15(16)30-20(17)24-10-23-19/h10-13,22,27H,3-9H2,1-2H3,(H,25,28). The van der Waals surface area contributed by atoms with Crippen molar-refractivity contribution in [3.05, 3.63) is 32.9 Å². The summed E-state index contributed by atoms with van der Waals surface area (Å²) in [6, 6.07) is 0.575. The van der Waals surface area contributed by atoms with E-state index in [4.69, 9.17) is 4.74 Å². The largest absolute Gasteiger partial charge is 0.493 e. The number of rotatable bonds is 5. The Labute approximate surface area is 178 Å². The molecule has 3 aromatic rings. The lowest BCUT2D eigenvalue weighted by atomic mass is 9.93. The number of fused-ring (bicyclic) bond motifs is 3. The summed E-state index contributed by atoms with van der Waals surface area (Å²) in [4.78, 5) is 25.7. The zero-order valence-electron chi connectivity index (χ0n) is 17.3. The van der Waals surface area contributed by atoms with E-state index in [1.54, 1.807) is 24.7 Å². The minimum atomic E-state index is -0.291. The van der Waals surface area contributed by atoms with Crippen LogP contribution in [0.4, 0.5) is 0 Å². The number of hydrogen-bond donors (Lipinski definition) is 3. The number of ether oxygens (including phenoxy) is 1. The average molecular weight is 430 g/mol. The van der Waals surface area contributed by atoms with E-state index in [9.17, 15) is 9.90 Å². The second-order valence-electron chi connectivity index (χ2n) is 8.40. The van der Waals surface area contributed by atoms with E-state index < -0.39 is 0 Å². The number of hydrogen-bond acceptors (Lipinski definition) is 7. The molecule has 30 heavy (non-hydrogen) atoms. The molecule has 160 valence electrons. The van der Waals surface area contributed by atoms with E-state index in [-0.39, 0.29) is 23.6 Å². The van der Waals surface area contributed by atoms with Crippen molar-refractivity contribution in [2.75, 3.05) is 7.05 Å². The Morgan fingerprint density at radius 3 is 2.80 bits per heavy atom. The van der Waals surface area contributed by atoms with Crippen LogP contribution in [0.25, 0.3) is 10.2 Å². The van der Waals surface area contributed by atoms with Gasteiger partial charge in [-0.1, -0.05) is 0 Å². The Morgan fingerprint density at radius 1 is 1.30 bits per heavy atom. The predicted molar refractivity (Wildman–Crippen MR) is 116 cm³/mol. The Balaban J connectivity index is 1.46. The fourth-order valence-electron chi connectivity index (χ4n) is 4.97. The summed E-state index contributed by atoms with van der Waals surface area (Å²) in [5, 5.41) is 14.6.